The van der Waals surface area contributed by atoms with Crippen LogP contribution in [-0.4, -0.2) is 47.8 Å². The monoisotopic (exact) mass is 200 g/mol. The molecular formula is C11H24N2O. The van der Waals surface area contributed by atoms with Gasteiger partial charge in [0.15, 0.2) is 0 Å². The van der Waals surface area contributed by atoms with Gasteiger partial charge in [-0.3, -0.25) is 0 Å². The molecule has 0 aromatic carbocycles. The van der Waals surface area contributed by atoms with Crippen LogP contribution in [0.5, 0.6) is 0 Å². The molecule has 3 heteroatoms. The molecule has 0 spiro atoms. The minimum absolute atomic E-state index is 0.204. The Morgan fingerprint density at radius 3 is 2.57 bits per heavy atom. The summed E-state index contributed by atoms with van der Waals surface area (Å²) in [7, 11) is 2.18. The van der Waals surface area contributed by atoms with Crippen molar-refractivity contribution in [2.45, 2.75) is 57.8 Å². The fraction of sp³-hybridized carbons (Fsp3) is 1.00. The zero-order valence-corrected chi connectivity index (χ0v) is 9.83. The molecule has 1 heterocycles. The van der Waals surface area contributed by atoms with Crippen LogP contribution in [0.2, 0.25) is 0 Å². The maximum absolute atomic E-state index is 9.40. The second-order valence-corrected chi connectivity index (χ2v) is 4.75. The van der Waals surface area contributed by atoms with Crippen molar-refractivity contribution >= 4 is 0 Å². The molecule has 0 aromatic rings. The number of nitrogens with one attached hydrogen (secondary N) is 1. The molecule has 0 aliphatic carbocycles. The summed E-state index contributed by atoms with van der Waals surface area (Å²) in [6.07, 6.45) is 2.12. The molecule has 2 N–H and O–H groups in total. The van der Waals surface area contributed by atoms with E-state index in [9.17, 15) is 5.11 Å². The lowest BCUT2D eigenvalue weighted by Gasteiger charge is -2.37. The number of aliphatic hydroxyl groups excluding tert-OH is 1. The van der Waals surface area contributed by atoms with E-state index in [4.69, 9.17) is 0 Å². The van der Waals surface area contributed by atoms with Gasteiger partial charge in [0, 0.05) is 18.1 Å². The van der Waals surface area contributed by atoms with Gasteiger partial charge in [-0.05, 0) is 47.2 Å². The lowest BCUT2D eigenvalue weighted by Crippen LogP contribution is -2.50. The summed E-state index contributed by atoms with van der Waals surface area (Å²) in [6, 6.07) is 1.43. The van der Waals surface area contributed by atoms with E-state index in [2.05, 4.69) is 24.2 Å². The van der Waals surface area contributed by atoms with Crippen LogP contribution < -0.4 is 5.32 Å². The molecule has 0 aromatic heterocycles. The largest absolute Gasteiger partial charge is 0.392 e. The van der Waals surface area contributed by atoms with Gasteiger partial charge in [-0.1, -0.05) is 0 Å². The Morgan fingerprint density at radius 1 is 1.43 bits per heavy atom. The highest BCUT2D eigenvalue weighted by atomic mass is 16.3. The molecule has 1 saturated heterocycles. The Kier molecular flexibility index (Phi) is 4.35. The third-order valence-electron chi connectivity index (χ3n) is 3.43. The average molecular weight is 200 g/mol. The van der Waals surface area contributed by atoms with Crippen molar-refractivity contribution in [1.82, 2.24) is 10.2 Å². The Hall–Kier alpha value is -0.120. The van der Waals surface area contributed by atoms with Gasteiger partial charge in [-0.2, -0.15) is 0 Å². The lowest BCUT2D eigenvalue weighted by atomic mass is 9.98. The number of hydrogen-bond acceptors (Lipinski definition) is 3. The van der Waals surface area contributed by atoms with Crippen LogP contribution in [0, 0.1) is 0 Å². The van der Waals surface area contributed by atoms with E-state index >= 15 is 0 Å². The number of nitrogens with zero attached hydrogens (tertiary/aromatic N) is 1. The van der Waals surface area contributed by atoms with Gasteiger partial charge in [0.2, 0.25) is 0 Å². The molecule has 1 rings (SSSR count). The van der Waals surface area contributed by atoms with Gasteiger partial charge in [-0.25, -0.2) is 0 Å². The van der Waals surface area contributed by atoms with Gasteiger partial charge < -0.3 is 15.3 Å². The minimum atomic E-state index is -0.259. The zero-order valence-electron chi connectivity index (χ0n) is 9.83. The molecule has 0 radical (unpaired) electrons. The van der Waals surface area contributed by atoms with E-state index in [1.165, 1.54) is 12.8 Å². The zero-order chi connectivity index (χ0) is 10.7. The summed E-state index contributed by atoms with van der Waals surface area (Å²) in [5, 5.41) is 12.9. The van der Waals surface area contributed by atoms with Crippen LogP contribution in [0.15, 0.2) is 0 Å². The number of likely N-dealkylation sites (tertiary alicyclic amines) is 1. The Morgan fingerprint density at radius 2 is 2.07 bits per heavy atom. The predicted molar refractivity (Wildman–Crippen MR) is 59.4 cm³/mol. The molecular weight excluding hydrogens is 176 g/mol. The number of hydrogen-bond donors (Lipinski definition) is 2. The molecule has 0 bridgehead atoms. The van der Waals surface area contributed by atoms with Gasteiger partial charge in [0.25, 0.3) is 0 Å². The molecule has 4 atom stereocenters. The van der Waals surface area contributed by atoms with E-state index in [1.807, 2.05) is 13.8 Å². The summed E-state index contributed by atoms with van der Waals surface area (Å²) in [5.74, 6) is 0. The highest BCUT2D eigenvalue weighted by Gasteiger charge is 2.24. The van der Waals surface area contributed by atoms with Crippen molar-refractivity contribution in [1.29, 1.82) is 0 Å². The fourth-order valence-electron chi connectivity index (χ4n) is 1.95. The Labute approximate surface area is 87.5 Å². The summed E-state index contributed by atoms with van der Waals surface area (Å²) in [6.45, 7) is 7.32. The van der Waals surface area contributed by atoms with Crippen LogP contribution in [0.25, 0.3) is 0 Å². The number of piperidine rings is 1. The summed E-state index contributed by atoms with van der Waals surface area (Å²) in [4.78, 5) is 2.39. The number of rotatable bonds is 3. The minimum Gasteiger partial charge on any atom is -0.392 e. The second-order valence-electron chi connectivity index (χ2n) is 4.75. The highest BCUT2D eigenvalue weighted by Crippen LogP contribution is 2.15. The summed E-state index contributed by atoms with van der Waals surface area (Å²) in [5.41, 5.74) is 0. The topological polar surface area (TPSA) is 35.5 Å². The molecule has 14 heavy (non-hydrogen) atoms. The van der Waals surface area contributed by atoms with Crippen molar-refractivity contribution in [3.63, 3.8) is 0 Å². The highest BCUT2D eigenvalue weighted by molar-refractivity contribution is 4.83. The number of aliphatic hydroxyl groups is 1. The first-order valence-electron chi connectivity index (χ1n) is 5.65. The van der Waals surface area contributed by atoms with Gasteiger partial charge in [-0.15, -0.1) is 0 Å². The van der Waals surface area contributed by atoms with E-state index in [0.29, 0.717) is 12.1 Å². The Balaban J connectivity index is 2.33. The van der Waals surface area contributed by atoms with Crippen molar-refractivity contribution in [3.05, 3.63) is 0 Å². The van der Waals surface area contributed by atoms with Gasteiger partial charge >= 0.3 is 0 Å². The molecule has 1 aliphatic rings. The van der Waals surface area contributed by atoms with Crippen molar-refractivity contribution < 1.29 is 5.11 Å². The summed E-state index contributed by atoms with van der Waals surface area (Å²) >= 11 is 0. The molecule has 1 aliphatic heterocycles. The third kappa shape index (κ3) is 3.23. The normalized spacial score (nSPS) is 34.1. The van der Waals surface area contributed by atoms with Crippen LogP contribution in [0.4, 0.5) is 0 Å². The first-order chi connectivity index (χ1) is 6.50. The van der Waals surface area contributed by atoms with Gasteiger partial charge in [0.1, 0.15) is 0 Å². The van der Waals surface area contributed by atoms with E-state index < -0.39 is 0 Å². The molecule has 0 amide bonds. The van der Waals surface area contributed by atoms with E-state index in [0.717, 1.165) is 6.54 Å². The molecule has 1 fully saturated rings. The van der Waals surface area contributed by atoms with E-state index in [-0.39, 0.29) is 12.1 Å². The van der Waals surface area contributed by atoms with Crippen molar-refractivity contribution in [2.75, 3.05) is 13.6 Å². The van der Waals surface area contributed by atoms with Crippen LogP contribution in [0.3, 0.4) is 0 Å². The average Bonchev–Trinajstić information content (AvgIpc) is 2.11. The van der Waals surface area contributed by atoms with Crippen LogP contribution >= 0.6 is 0 Å². The molecule has 4 unspecified atom stereocenters. The standard InChI is InChI=1S/C11H24N2O/c1-8-7-11(5-6-13(8)4)12-9(2)10(3)14/h8-12,14H,5-7H2,1-4H3. The quantitative estimate of drug-likeness (QED) is 0.708. The molecule has 0 saturated carbocycles. The maximum Gasteiger partial charge on any atom is 0.0662 e. The second kappa shape index (κ2) is 5.10. The van der Waals surface area contributed by atoms with Gasteiger partial charge in [0.05, 0.1) is 6.10 Å². The lowest BCUT2D eigenvalue weighted by molar-refractivity contribution is 0.118. The third-order valence-corrected chi connectivity index (χ3v) is 3.43. The maximum atomic E-state index is 9.40. The predicted octanol–water partition coefficient (Wildman–Crippen LogP) is 0.828. The van der Waals surface area contributed by atoms with Crippen molar-refractivity contribution in [2.24, 2.45) is 0 Å². The molecule has 3 nitrogen and oxygen atoms in total. The first-order valence-corrected chi connectivity index (χ1v) is 5.65. The van der Waals surface area contributed by atoms with Crippen molar-refractivity contribution in [3.8, 4) is 0 Å². The van der Waals surface area contributed by atoms with Crippen LogP contribution in [0.1, 0.15) is 33.6 Å². The smallest absolute Gasteiger partial charge is 0.0662 e. The first kappa shape index (κ1) is 12.0. The summed E-state index contributed by atoms with van der Waals surface area (Å²) < 4.78 is 0. The SMILES string of the molecule is CC(O)C(C)NC1CCN(C)C(C)C1. The Bertz CT molecular complexity index is 173. The van der Waals surface area contributed by atoms with E-state index in [1.54, 1.807) is 0 Å². The fourth-order valence-corrected chi connectivity index (χ4v) is 1.95. The van der Waals surface area contributed by atoms with Crippen LogP contribution in [-0.2, 0) is 0 Å². The molecule has 84 valence electrons.